The van der Waals surface area contributed by atoms with Crippen LogP contribution in [0.4, 0.5) is 15.9 Å². The average molecular weight is 288 g/mol. The first kappa shape index (κ1) is 12.8. The molecule has 1 heterocycles. The zero-order valence-corrected chi connectivity index (χ0v) is 11.5. The summed E-state index contributed by atoms with van der Waals surface area (Å²) in [5, 5.41) is 1.03. The van der Waals surface area contributed by atoms with Gasteiger partial charge in [-0.05, 0) is 41.9 Å². The van der Waals surface area contributed by atoms with Crippen LogP contribution in [0.1, 0.15) is 0 Å². The summed E-state index contributed by atoms with van der Waals surface area (Å²) in [6.07, 6.45) is 0. The smallest absolute Gasteiger partial charge is 0.224 e. The van der Waals surface area contributed by atoms with Gasteiger partial charge in [-0.25, -0.2) is 9.37 Å². The van der Waals surface area contributed by atoms with Crippen molar-refractivity contribution in [2.24, 2.45) is 0 Å². The van der Waals surface area contributed by atoms with E-state index in [4.69, 9.17) is 11.6 Å². The summed E-state index contributed by atoms with van der Waals surface area (Å²) in [5.74, 6) is 0.352. The predicted molar refractivity (Wildman–Crippen MR) is 79.0 cm³/mol. The number of fused-ring (bicyclic) bond motifs is 1. The van der Waals surface area contributed by atoms with Crippen LogP contribution in [0.15, 0.2) is 48.5 Å². The summed E-state index contributed by atoms with van der Waals surface area (Å²) >= 11 is 5.96. The number of hydrogen-bond acceptors (Lipinski definition) is 3. The van der Waals surface area contributed by atoms with Gasteiger partial charge >= 0.3 is 0 Å². The number of nitrogens with zero attached hydrogens (tertiary/aromatic N) is 3. The van der Waals surface area contributed by atoms with Crippen molar-refractivity contribution in [2.75, 3.05) is 11.9 Å². The van der Waals surface area contributed by atoms with Crippen LogP contribution in [-0.2, 0) is 0 Å². The summed E-state index contributed by atoms with van der Waals surface area (Å²) < 4.78 is 13.4. The van der Waals surface area contributed by atoms with Crippen LogP contribution < -0.4 is 4.90 Å². The second-order valence-electron chi connectivity index (χ2n) is 4.37. The molecule has 0 bridgehead atoms. The van der Waals surface area contributed by atoms with Gasteiger partial charge < -0.3 is 4.90 Å². The third kappa shape index (κ3) is 2.30. The van der Waals surface area contributed by atoms with Gasteiger partial charge in [0.2, 0.25) is 5.28 Å². The van der Waals surface area contributed by atoms with Gasteiger partial charge in [-0.2, -0.15) is 4.98 Å². The minimum absolute atomic E-state index is 0.168. The highest BCUT2D eigenvalue weighted by atomic mass is 35.5. The third-order valence-corrected chi connectivity index (χ3v) is 3.24. The van der Waals surface area contributed by atoms with Gasteiger partial charge in [0.1, 0.15) is 11.6 Å². The van der Waals surface area contributed by atoms with E-state index in [0.717, 1.165) is 10.9 Å². The monoisotopic (exact) mass is 287 g/mol. The highest BCUT2D eigenvalue weighted by molar-refractivity contribution is 6.28. The average Bonchev–Trinajstić information content (AvgIpc) is 2.45. The molecule has 0 saturated heterocycles. The number of anilines is 2. The van der Waals surface area contributed by atoms with Crippen LogP contribution in [0.2, 0.25) is 5.28 Å². The molecule has 0 radical (unpaired) electrons. The lowest BCUT2D eigenvalue weighted by molar-refractivity contribution is 0.628. The second-order valence-corrected chi connectivity index (χ2v) is 4.71. The fraction of sp³-hybridized carbons (Fsp3) is 0.0667. The Morgan fingerprint density at radius 3 is 2.65 bits per heavy atom. The Balaban J connectivity index is 2.18. The number of benzene rings is 2. The maximum atomic E-state index is 13.4. The van der Waals surface area contributed by atoms with Crippen molar-refractivity contribution in [3.05, 3.63) is 59.6 Å². The molecule has 0 saturated carbocycles. The van der Waals surface area contributed by atoms with E-state index in [0.29, 0.717) is 11.5 Å². The van der Waals surface area contributed by atoms with Crippen molar-refractivity contribution in [2.45, 2.75) is 0 Å². The number of rotatable bonds is 2. The largest absolute Gasteiger partial charge is 0.329 e. The Bertz CT molecular complexity index is 776. The molecule has 0 aliphatic heterocycles. The Morgan fingerprint density at radius 2 is 1.85 bits per heavy atom. The van der Waals surface area contributed by atoms with Crippen LogP contribution in [0.3, 0.4) is 0 Å². The van der Waals surface area contributed by atoms with Gasteiger partial charge in [0, 0.05) is 18.1 Å². The number of para-hydroxylation sites is 1. The summed E-state index contributed by atoms with van der Waals surface area (Å²) in [5.41, 5.74) is 1.45. The summed E-state index contributed by atoms with van der Waals surface area (Å²) in [4.78, 5) is 10.2. The summed E-state index contributed by atoms with van der Waals surface area (Å²) in [6, 6.07) is 13.9. The van der Waals surface area contributed by atoms with Gasteiger partial charge in [-0.1, -0.05) is 18.2 Å². The van der Waals surface area contributed by atoms with Crippen molar-refractivity contribution < 1.29 is 4.39 Å². The van der Waals surface area contributed by atoms with Crippen molar-refractivity contribution in [3.8, 4) is 0 Å². The van der Waals surface area contributed by atoms with Crippen LogP contribution >= 0.6 is 11.6 Å². The van der Waals surface area contributed by atoms with Crippen molar-refractivity contribution in [3.63, 3.8) is 0 Å². The number of halogens is 2. The third-order valence-electron chi connectivity index (χ3n) is 3.07. The maximum Gasteiger partial charge on any atom is 0.224 e. The molecule has 1 aromatic heterocycles. The second kappa shape index (κ2) is 5.06. The van der Waals surface area contributed by atoms with E-state index in [1.54, 1.807) is 11.0 Å². The molecule has 0 amide bonds. The molecular weight excluding hydrogens is 277 g/mol. The molecule has 5 heteroatoms. The fourth-order valence-electron chi connectivity index (χ4n) is 2.09. The highest BCUT2D eigenvalue weighted by Gasteiger charge is 2.12. The lowest BCUT2D eigenvalue weighted by atomic mass is 10.2. The van der Waals surface area contributed by atoms with Crippen molar-refractivity contribution in [1.82, 2.24) is 9.97 Å². The van der Waals surface area contributed by atoms with Crippen LogP contribution in [-0.4, -0.2) is 17.0 Å². The Kier molecular flexibility index (Phi) is 3.24. The van der Waals surface area contributed by atoms with Crippen LogP contribution in [0, 0.1) is 5.82 Å². The number of hydrogen-bond donors (Lipinski definition) is 0. The Labute approximate surface area is 120 Å². The summed E-state index contributed by atoms with van der Waals surface area (Å²) in [7, 11) is 1.82. The molecule has 100 valence electrons. The highest BCUT2D eigenvalue weighted by Crippen LogP contribution is 2.29. The van der Waals surface area contributed by atoms with E-state index in [1.165, 1.54) is 12.1 Å². The molecule has 0 aliphatic rings. The molecule has 0 aliphatic carbocycles. The molecular formula is C15H11ClFN3. The van der Waals surface area contributed by atoms with Crippen molar-refractivity contribution in [1.29, 1.82) is 0 Å². The SMILES string of the molecule is CN(c1cccc(F)c1)c1nc(Cl)nc2ccccc12. The molecule has 3 nitrogen and oxygen atoms in total. The molecule has 0 N–H and O–H groups in total. The topological polar surface area (TPSA) is 29.0 Å². The molecule has 0 spiro atoms. The molecule has 2 aromatic carbocycles. The van der Waals surface area contributed by atoms with E-state index in [-0.39, 0.29) is 11.1 Å². The van der Waals surface area contributed by atoms with Crippen LogP contribution in [0.5, 0.6) is 0 Å². The van der Waals surface area contributed by atoms with Gasteiger partial charge in [0.05, 0.1) is 5.52 Å². The van der Waals surface area contributed by atoms with Crippen molar-refractivity contribution >= 4 is 34.0 Å². The zero-order chi connectivity index (χ0) is 14.1. The fourth-order valence-corrected chi connectivity index (χ4v) is 2.27. The Hall–Kier alpha value is -2.20. The first-order chi connectivity index (χ1) is 9.65. The lowest BCUT2D eigenvalue weighted by Crippen LogP contribution is -2.12. The van der Waals surface area contributed by atoms with E-state index < -0.39 is 0 Å². The van der Waals surface area contributed by atoms with Gasteiger partial charge in [0.25, 0.3) is 0 Å². The predicted octanol–water partition coefficient (Wildman–Crippen LogP) is 4.19. The number of aromatic nitrogens is 2. The molecule has 0 fully saturated rings. The maximum absolute atomic E-state index is 13.4. The minimum Gasteiger partial charge on any atom is -0.329 e. The Morgan fingerprint density at radius 1 is 1.05 bits per heavy atom. The van der Waals surface area contributed by atoms with E-state index in [2.05, 4.69) is 9.97 Å². The molecule has 20 heavy (non-hydrogen) atoms. The van der Waals surface area contributed by atoms with Gasteiger partial charge in [0.15, 0.2) is 0 Å². The van der Waals surface area contributed by atoms with E-state index in [9.17, 15) is 4.39 Å². The molecule has 3 aromatic rings. The first-order valence-electron chi connectivity index (χ1n) is 6.07. The van der Waals surface area contributed by atoms with E-state index in [1.807, 2.05) is 37.4 Å². The normalized spacial score (nSPS) is 10.8. The standard InChI is InChI=1S/C15H11ClFN3/c1-20(11-6-4-5-10(17)9-11)14-12-7-2-3-8-13(12)18-15(16)19-14/h2-9H,1H3. The zero-order valence-electron chi connectivity index (χ0n) is 10.7. The van der Waals surface area contributed by atoms with E-state index >= 15 is 0 Å². The van der Waals surface area contributed by atoms with Gasteiger partial charge in [-0.3, -0.25) is 0 Å². The molecule has 3 rings (SSSR count). The molecule has 0 atom stereocenters. The lowest BCUT2D eigenvalue weighted by Gasteiger charge is -2.20. The first-order valence-corrected chi connectivity index (χ1v) is 6.44. The summed E-state index contributed by atoms with van der Waals surface area (Å²) in [6.45, 7) is 0. The molecule has 0 unspecified atom stereocenters. The van der Waals surface area contributed by atoms with Gasteiger partial charge in [-0.15, -0.1) is 0 Å². The quantitative estimate of drug-likeness (QED) is 0.662. The van der Waals surface area contributed by atoms with Crippen LogP contribution in [0.25, 0.3) is 10.9 Å². The minimum atomic E-state index is -0.293.